The van der Waals surface area contributed by atoms with Gasteiger partial charge in [0.1, 0.15) is 6.04 Å². The molecule has 3 amide bonds. The van der Waals surface area contributed by atoms with Crippen molar-refractivity contribution in [1.29, 1.82) is 0 Å². The Hall–Kier alpha value is -2.17. The molecule has 1 atom stereocenters. The number of imide groups is 1. The van der Waals surface area contributed by atoms with Crippen LogP contribution in [0.15, 0.2) is 30.3 Å². The van der Waals surface area contributed by atoms with Crippen LogP contribution in [0.25, 0.3) is 0 Å². The molecular formula is C16H18N2O3. The SMILES string of the molecule is O=C([C@H]1CCC(=O)N1C(=O)c1ccccc1)N1CCCC1. The Morgan fingerprint density at radius 1 is 1.05 bits per heavy atom. The lowest BCUT2D eigenvalue weighted by molar-refractivity contribution is -0.138. The summed E-state index contributed by atoms with van der Waals surface area (Å²) in [4.78, 5) is 40.0. The second-order valence-electron chi connectivity index (χ2n) is 5.52. The maximum absolute atomic E-state index is 12.5. The lowest BCUT2D eigenvalue weighted by atomic mass is 10.1. The van der Waals surface area contributed by atoms with Crippen molar-refractivity contribution >= 4 is 17.7 Å². The molecule has 2 saturated heterocycles. The number of benzene rings is 1. The smallest absolute Gasteiger partial charge is 0.261 e. The molecule has 0 spiro atoms. The van der Waals surface area contributed by atoms with E-state index in [1.807, 2.05) is 6.07 Å². The number of hydrogen-bond donors (Lipinski definition) is 0. The fourth-order valence-corrected chi connectivity index (χ4v) is 3.04. The van der Waals surface area contributed by atoms with E-state index >= 15 is 0 Å². The molecule has 2 aliphatic heterocycles. The molecule has 3 rings (SSSR count). The third kappa shape index (κ3) is 2.55. The normalized spacial score (nSPS) is 21.9. The third-order valence-corrected chi connectivity index (χ3v) is 4.15. The van der Waals surface area contributed by atoms with Crippen LogP contribution in [0.1, 0.15) is 36.0 Å². The summed E-state index contributed by atoms with van der Waals surface area (Å²) in [5.74, 6) is -0.695. The molecule has 0 aromatic heterocycles. The molecule has 1 aromatic rings. The standard InChI is InChI=1S/C16H18N2O3/c19-14-9-8-13(16(21)17-10-4-5-11-17)18(14)15(20)12-6-2-1-3-7-12/h1-3,6-7,13H,4-5,8-11H2/t13-/m1/s1. The summed E-state index contributed by atoms with van der Waals surface area (Å²) in [5.41, 5.74) is 0.451. The van der Waals surface area contributed by atoms with Crippen LogP contribution >= 0.6 is 0 Å². The van der Waals surface area contributed by atoms with Gasteiger partial charge in [0.15, 0.2) is 0 Å². The molecule has 0 aliphatic carbocycles. The molecule has 21 heavy (non-hydrogen) atoms. The molecule has 2 aliphatic rings. The van der Waals surface area contributed by atoms with E-state index in [-0.39, 0.29) is 24.1 Å². The Balaban J connectivity index is 1.82. The molecule has 0 radical (unpaired) electrons. The summed E-state index contributed by atoms with van der Waals surface area (Å²) in [6, 6.07) is 8.05. The number of nitrogens with zero attached hydrogens (tertiary/aromatic N) is 2. The number of rotatable bonds is 2. The van der Waals surface area contributed by atoms with Gasteiger partial charge >= 0.3 is 0 Å². The first-order chi connectivity index (χ1) is 10.2. The molecule has 110 valence electrons. The Morgan fingerprint density at radius 3 is 2.38 bits per heavy atom. The number of carbonyl (C=O) groups excluding carboxylic acids is 3. The summed E-state index contributed by atoms with van der Waals surface area (Å²) in [6.45, 7) is 1.47. The molecule has 5 nitrogen and oxygen atoms in total. The van der Waals surface area contributed by atoms with Gasteiger partial charge in [0.2, 0.25) is 11.8 Å². The average molecular weight is 286 g/mol. The van der Waals surface area contributed by atoms with E-state index in [0.717, 1.165) is 30.8 Å². The summed E-state index contributed by atoms with van der Waals surface area (Å²) >= 11 is 0. The molecular weight excluding hydrogens is 268 g/mol. The molecule has 0 unspecified atom stereocenters. The minimum atomic E-state index is -0.622. The summed E-state index contributed by atoms with van der Waals surface area (Å²) in [5, 5.41) is 0. The van der Waals surface area contributed by atoms with E-state index < -0.39 is 6.04 Å². The van der Waals surface area contributed by atoms with Crippen molar-refractivity contribution in [2.75, 3.05) is 13.1 Å². The molecule has 2 heterocycles. The maximum atomic E-state index is 12.5. The van der Waals surface area contributed by atoms with Crippen molar-refractivity contribution in [1.82, 2.24) is 9.80 Å². The van der Waals surface area contributed by atoms with Gasteiger partial charge in [-0.3, -0.25) is 19.3 Å². The number of likely N-dealkylation sites (tertiary alicyclic amines) is 2. The Bertz CT molecular complexity index is 564. The summed E-state index contributed by atoms with van der Waals surface area (Å²) in [6.07, 6.45) is 2.70. The highest BCUT2D eigenvalue weighted by Gasteiger charge is 2.42. The highest BCUT2D eigenvalue weighted by molar-refractivity contribution is 6.09. The molecule has 2 fully saturated rings. The van der Waals surface area contributed by atoms with Gasteiger partial charge in [0, 0.05) is 25.1 Å². The van der Waals surface area contributed by atoms with Gasteiger partial charge in [-0.2, -0.15) is 0 Å². The molecule has 0 bridgehead atoms. The summed E-state index contributed by atoms with van der Waals surface area (Å²) < 4.78 is 0. The Kier molecular flexibility index (Phi) is 3.73. The molecule has 0 N–H and O–H groups in total. The predicted molar refractivity (Wildman–Crippen MR) is 76.5 cm³/mol. The minimum absolute atomic E-state index is 0.0809. The highest BCUT2D eigenvalue weighted by atomic mass is 16.2. The number of hydrogen-bond acceptors (Lipinski definition) is 3. The quantitative estimate of drug-likeness (QED) is 0.773. The first kappa shape index (κ1) is 13.8. The van der Waals surface area contributed by atoms with Gasteiger partial charge in [-0.05, 0) is 31.4 Å². The van der Waals surface area contributed by atoms with E-state index in [0.29, 0.717) is 12.0 Å². The van der Waals surface area contributed by atoms with Crippen molar-refractivity contribution < 1.29 is 14.4 Å². The van der Waals surface area contributed by atoms with Crippen molar-refractivity contribution in [3.05, 3.63) is 35.9 Å². The van der Waals surface area contributed by atoms with Crippen LogP contribution in [0, 0.1) is 0 Å². The van der Waals surface area contributed by atoms with Crippen molar-refractivity contribution in [3.8, 4) is 0 Å². The Labute approximate surface area is 123 Å². The van der Waals surface area contributed by atoms with Crippen LogP contribution in [0.3, 0.4) is 0 Å². The van der Waals surface area contributed by atoms with E-state index in [9.17, 15) is 14.4 Å². The zero-order valence-corrected chi connectivity index (χ0v) is 11.8. The zero-order valence-electron chi connectivity index (χ0n) is 11.8. The van der Waals surface area contributed by atoms with Gasteiger partial charge < -0.3 is 4.90 Å². The highest BCUT2D eigenvalue weighted by Crippen LogP contribution is 2.24. The van der Waals surface area contributed by atoms with E-state index in [1.54, 1.807) is 29.2 Å². The fraction of sp³-hybridized carbons (Fsp3) is 0.438. The van der Waals surface area contributed by atoms with Gasteiger partial charge in [-0.25, -0.2) is 0 Å². The van der Waals surface area contributed by atoms with E-state index in [4.69, 9.17) is 0 Å². The van der Waals surface area contributed by atoms with E-state index in [1.165, 1.54) is 0 Å². The van der Waals surface area contributed by atoms with Crippen LogP contribution in [-0.4, -0.2) is 46.7 Å². The van der Waals surface area contributed by atoms with Gasteiger partial charge in [-0.1, -0.05) is 18.2 Å². The first-order valence-electron chi connectivity index (χ1n) is 7.39. The Morgan fingerprint density at radius 2 is 1.71 bits per heavy atom. The molecule has 5 heteroatoms. The lowest BCUT2D eigenvalue weighted by Crippen LogP contribution is -2.48. The second-order valence-corrected chi connectivity index (χ2v) is 5.52. The van der Waals surface area contributed by atoms with Crippen LogP contribution in [0.4, 0.5) is 0 Å². The van der Waals surface area contributed by atoms with Gasteiger partial charge in [-0.15, -0.1) is 0 Å². The van der Waals surface area contributed by atoms with Crippen LogP contribution in [-0.2, 0) is 9.59 Å². The third-order valence-electron chi connectivity index (χ3n) is 4.15. The summed E-state index contributed by atoms with van der Waals surface area (Å²) in [7, 11) is 0. The van der Waals surface area contributed by atoms with E-state index in [2.05, 4.69) is 0 Å². The minimum Gasteiger partial charge on any atom is -0.341 e. The largest absolute Gasteiger partial charge is 0.341 e. The first-order valence-corrected chi connectivity index (χ1v) is 7.39. The van der Waals surface area contributed by atoms with Crippen molar-refractivity contribution in [3.63, 3.8) is 0 Å². The van der Waals surface area contributed by atoms with Gasteiger partial charge in [0.25, 0.3) is 5.91 Å². The molecule has 1 aromatic carbocycles. The molecule has 0 saturated carbocycles. The lowest BCUT2D eigenvalue weighted by Gasteiger charge is -2.26. The predicted octanol–water partition coefficient (Wildman–Crippen LogP) is 1.44. The van der Waals surface area contributed by atoms with Crippen molar-refractivity contribution in [2.45, 2.75) is 31.7 Å². The van der Waals surface area contributed by atoms with Crippen LogP contribution < -0.4 is 0 Å². The van der Waals surface area contributed by atoms with Crippen molar-refractivity contribution in [2.24, 2.45) is 0 Å². The maximum Gasteiger partial charge on any atom is 0.261 e. The number of carbonyl (C=O) groups is 3. The topological polar surface area (TPSA) is 57.7 Å². The van der Waals surface area contributed by atoms with Crippen LogP contribution in [0.2, 0.25) is 0 Å². The zero-order chi connectivity index (χ0) is 14.8. The van der Waals surface area contributed by atoms with Crippen LogP contribution in [0.5, 0.6) is 0 Å². The fourth-order valence-electron chi connectivity index (χ4n) is 3.04. The average Bonchev–Trinajstić information content (AvgIpc) is 3.16. The number of amides is 3. The van der Waals surface area contributed by atoms with Gasteiger partial charge in [0.05, 0.1) is 0 Å². The monoisotopic (exact) mass is 286 g/mol. The second kappa shape index (κ2) is 5.68.